The van der Waals surface area contributed by atoms with Gasteiger partial charge in [-0.25, -0.2) is 4.79 Å². The lowest BCUT2D eigenvalue weighted by Crippen LogP contribution is -2.40. The van der Waals surface area contributed by atoms with E-state index in [0.29, 0.717) is 38.6 Å². The van der Waals surface area contributed by atoms with Crippen molar-refractivity contribution in [3.05, 3.63) is 12.2 Å². The number of ether oxygens (including phenoxy) is 1. The van der Waals surface area contributed by atoms with E-state index in [-0.39, 0.29) is 18.0 Å². The fourth-order valence-corrected chi connectivity index (χ4v) is 5.50. The Morgan fingerprint density at radius 3 is 1.68 bits per heavy atom. The number of amides is 1. The Balaban J connectivity index is 3.95. The third-order valence-electron chi connectivity index (χ3n) is 8.33. The number of hydrogen-bond donors (Lipinski definition) is 3. The highest BCUT2D eigenvalue weighted by Crippen LogP contribution is 2.17. The Labute approximate surface area is 270 Å². The van der Waals surface area contributed by atoms with Gasteiger partial charge >= 0.3 is 11.9 Å². The van der Waals surface area contributed by atoms with E-state index in [4.69, 9.17) is 10.5 Å². The van der Waals surface area contributed by atoms with Crippen LogP contribution in [0.4, 0.5) is 0 Å². The quantitative estimate of drug-likeness (QED) is 0.0381. The van der Waals surface area contributed by atoms with Crippen LogP contribution >= 0.6 is 0 Å². The molecule has 0 aromatic heterocycles. The summed E-state index contributed by atoms with van der Waals surface area (Å²) in [6.45, 7) is 4.84. The molecule has 2 atom stereocenters. The number of unbranched alkanes of at least 4 members (excludes halogenated alkanes) is 17. The summed E-state index contributed by atoms with van der Waals surface area (Å²) < 4.78 is 5.87. The first kappa shape index (κ1) is 42.1. The molecular formula is C37H70N2O5. The van der Waals surface area contributed by atoms with Crippen molar-refractivity contribution >= 4 is 17.8 Å². The van der Waals surface area contributed by atoms with Crippen LogP contribution in [0.2, 0.25) is 0 Å². The van der Waals surface area contributed by atoms with Crippen molar-refractivity contribution in [2.75, 3.05) is 6.54 Å². The van der Waals surface area contributed by atoms with Gasteiger partial charge in [-0.15, -0.1) is 0 Å². The molecule has 0 saturated heterocycles. The van der Waals surface area contributed by atoms with E-state index in [0.717, 1.165) is 57.8 Å². The van der Waals surface area contributed by atoms with E-state index in [2.05, 4.69) is 31.3 Å². The predicted molar refractivity (Wildman–Crippen MR) is 184 cm³/mol. The first-order chi connectivity index (χ1) is 21.4. The molecule has 0 heterocycles. The number of carboxylic acid groups (broad SMARTS) is 1. The van der Waals surface area contributed by atoms with Crippen molar-refractivity contribution in [3.63, 3.8) is 0 Å². The van der Waals surface area contributed by atoms with Gasteiger partial charge in [0.05, 0.1) is 0 Å². The summed E-state index contributed by atoms with van der Waals surface area (Å²) in [5, 5.41) is 11.9. The SMILES string of the molecule is CCCCCCCC/C=C\CCCCCCCCCC(=O)OC(CCCCC)CCCCCC(=O)NC(CCCN)C(=O)O. The van der Waals surface area contributed by atoms with Crippen LogP contribution in [0.15, 0.2) is 12.2 Å². The summed E-state index contributed by atoms with van der Waals surface area (Å²) in [7, 11) is 0. The lowest BCUT2D eigenvalue weighted by molar-refractivity contribution is -0.150. The number of aliphatic carboxylic acids is 1. The largest absolute Gasteiger partial charge is 0.480 e. The highest BCUT2D eigenvalue weighted by molar-refractivity contribution is 5.83. The minimum absolute atomic E-state index is 0.0459. The van der Waals surface area contributed by atoms with Gasteiger partial charge in [0.25, 0.3) is 0 Å². The zero-order chi connectivity index (χ0) is 32.5. The third-order valence-corrected chi connectivity index (χ3v) is 8.33. The number of esters is 1. The van der Waals surface area contributed by atoms with Crippen LogP contribution in [0.25, 0.3) is 0 Å². The Morgan fingerprint density at radius 1 is 0.636 bits per heavy atom. The normalized spacial score (nSPS) is 12.8. The average molecular weight is 623 g/mol. The maximum atomic E-state index is 12.5. The van der Waals surface area contributed by atoms with Gasteiger partial charge in [0.15, 0.2) is 0 Å². The number of allylic oxidation sites excluding steroid dienone is 2. The minimum atomic E-state index is -1.02. The molecule has 0 rings (SSSR count). The van der Waals surface area contributed by atoms with Crippen LogP contribution in [-0.4, -0.2) is 41.6 Å². The van der Waals surface area contributed by atoms with Gasteiger partial charge in [-0.1, -0.05) is 109 Å². The molecule has 0 aliphatic heterocycles. The van der Waals surface area contributed by atoms with E-state index >= 15 is 0 Å². The number of rotatable bonds is 33. The summed E-state index contributed by atoms with van der Waals surface area (Å²) in [6.07, 6.45) is 32.9. The number of carboxylic acids is 1. The fourth-order valence-electron chi connectivity index (χ4n) is 5.50. The molecule has 0 aromatic carbocycles. The molecule has 44 heavy (non-hydrogen) atoms. The first-order valence-electron chi connectivity index (χ1n) is 18.5. The van der Waals surface area contributed by atoms with Gasteiger partial charge in [-0.2, -0.15) is 0 Å². The third kappa shape index (κ3) is 28.9. The zero-order valence-electron chi connectivity index (χ0n) is 28.8. The van der Waals surface area contributed by atoms with Crippen LogP contribution in [0.1, 0.15) is 187 Å². The molecule has 0 aromatic rings. The summed E-state index contributed by atoms with van der Waals surface area (Å²) >= 11 is 0. The van der Waals surface area contributed by atoms with Crippen molar-refractivity contribution in [1.29, 1.82) is 0 Å². The van der Waals surface area contributed by atoms with E-state index < -0.39 is 12.0 Å². The zero-order valence-corrected chi connectivity index (χ0v) is 28.8. The first-order valence-corrected chi connectivity index (χ1v) is 18.5. The van der Waals surface area contributed by atoms with Crippen molar-refractivity contribution in [2.24, 2.45) is 5.73 Å². The van der Waals surface area contributed by atoms with Crippen molar-refractivity contribution in [3.8, 4) is 0 Å². The van der Waals surface area contributed by atoms with Crippen molar-refractivity contribution in [1.82, 2.24) is 5.32 Å². The molecule has 2 unspecified atom stereocenters. The Bertz CT molecular complexity index is 712. The van der Waals surface area contributed by atoms with E-state index in [1.54, 1.807) is 0 Å². The molecule has 0 bridgehead atoms. The standard InChI is InChI=1S/C37H70N2O5/c1-3-5-7-8-9-10-11-12-13-14-15-16-17-18-19-20-25-31-36(41)44-33(27-22-6-4-2)28-23-21-24-30-35(40)39-34(37(42)43)29-26-32-38/h12-13,33-34H,3-11,14-32,38H2,1-2H3,(H,39,40)(H,42,43)/b13-12-. The van der Waals surface area contributed by atoms with Crippen LogP contribution in [0.5, 0.6) is 0 Å². The second-order valence-electron chi connectivity index (χ2n) is 12.6. The van der Waals surface area contributed by atoms with Crippen LogP contribution in [-0.2, 0) is 19.1 Å². The molecule has 4 N–H and O–H groups in total. The van der Waals surface area contributed by atoms with Gasteiger partial charge in [0, 0.05) is 12.8 Å². The maximum absolute atomic E-state index is 12.5. The average Bonchev–Trinajstić information content (AvgIpc) is 3.00. The number of carbonyl (C=O) groups excluding carboxylic acids is 2. The summed E-state index contributed by atoms with van der Waals surface area (Å²) in [4.78, 5) is 36.0. The monoisotopic (exact) mass is 623 g/mol. The molecule has 0 aliphatic rings. The smallest absolute Gasteiger partial charge is 0.326 e. The molecule has 258 valence electrons. The van der Waals surface area contributed by atoms with Crippen LogP contribution in [0.3, 0.4) is 0 Å². The van der Waals surface area contributed by atoms with Gasteiger partial charge in [-0.05, 0) is 83.6 Å². The molecule has 0 aliphatic carbocycles. The van der Waals surface area contributed by atoms with E-state index in [1.165, 1.54) is 83.5 Å². The molecule has 1 amide bonds. The lowest BCUT2D eigenvalue weighted by atomic mass is 10.0. The molecule has 7 heteroatoms. The fraction of sp³-hybridized carbons (Fsp3) is 0.865. The molecule has 7 nitrogen and oxygen atoms in total. The highest BCUT2D eigenvalue weighted by atomic mass is 16.5. The van der Waals surface area contributed by atoms with Gasteiger partial charge in [0.1, 0.15) is 12.1 Å². The lowest BCUT2D eigenvalue weighted by Gasteiger charge is -2.18. The Hall–Kier alpha value is -1.89. The minimum Gasteiger partial charge on any atom is -0.480 e. The van der Waals surface area contributed by atoms with Crippen LogP contribution < -0.4 is 11.1 Å². The summed E-state index contributed by atoms with van der Waals surface area (Å²) in [5.41, 5.74) is 5.46. The van der Waals surface area contributed by atoms with E-state index in [9.17, 15) is 19.5 Å². The highest BCUT2D eigenvalue weighted by Gasteiger charge is 2.19. The number of nitrogens with one attached hydrogen (secondary N) is 1. The Kier molecular flexibility index (Phi) is 31.1. The van der Waals surface area contributed by atoms with Gasteiger partial charge in [0.2, 0.25) is 5.91 Å². The Morgan fingerprint density at radius 2 is 1.11 bits per heavy atom. The topological polar surface area (TPSA) is 119 Å². The molecule has 0 fully saturated rings. The predicted octanol–water partition coefficient (Wildman–Crippen LogP) is 9.56. The second kappa shape index (κ2) is 32.5. The van der Waals surface area contributed by atoms with Gasteiger partial charge in [-0.3, -0.25) is 9.59 Å². The number of hydrogen-bond acceptors (Lipinski definition) is 5. The maximum Gasteiger partial charge on any atom is 0.326 e. The summed E-state index contributed by atoms with van der Waals surface area (Å²) in [6, 6.07) is -0.870. The number of nitrogens with two attached hydrogens (primary N) is 1. The molecule has 0 radical (unpaired) electrons. The second-order valence-corrected chi connectivity index (χ2v) is 12.6. The van der Waals surface area contributed by atoms with Crippen LogP contribution in [0, 0.1) is 0 Å². The molecular weight excluding hydrogens is 552 g/mol. The van der Waals surface area contributed by atoms with Crippen molar-refractivity contribution < 1.29 is 24.2 Å². The van der Waals surface area contributed by atoms with Crippen molar-refractivity contribution in [2.45, 2.75) is 199 Å². The van der Waals surface area contributed by atoms with Gasteiger partial charge < -0.3 is 20.9 Å². The number of carbonyl (C=O) groups is 3. The van der Waals surface area contributed by atoms with E-state index in [1.807, 2.05) is 0 Å². The molecule has 0 saturated carbocycles. The summed E-state index contributed by atoms with van der Waals surface area (Å²) in [5.74, 6) is -1.32. The molecule has 0 spiro atoms.